The van der Waals surface area contributed by atoms with Gasteiger partial charge >= 0.3 is 12.4 Å². The van der Waals surface area contributed by atoms with Crippen molar-refractivity contribution in [2.75, 3.05) is 11.5 Å². The van der Waals surface area contributed by atoms with E-state index < -0.39 is 58.7 Å². The van der Waals surface area contributed by atoms with Crippen LogP contribution in [-0.2, 0) is 26.7 Å². The van der Waals surface area contributed by atoms with E-state index in [4.69, 9.17) is 4.74 Å². The van der Waals surface area contributed by atoms with Gasteiger partial charge in [0.05, 0.1) is 41.4 Å². The highest BCUT2D eigenvalue weighted by molar-refractivity contribution is 6.22. The zero-order valence-electron chi connectivity index (χ0n) is 23.6. The summed E-state index contributed by atoms with van der Waals surface area (Å²) in [6.07, 6.45) is -5.66. The molecule has 3 aliphatic rings. The Kier molecular flexibility index (Phi) is 8.24. The summed E-state index contributed by atoms with van der Waals surface area (Å²) in [6.45, 7) is 4.08. The number of allylic oxidation sites excluding steroid dienone is 2. The number of rotatable bonds is 7. The van der Waals surface area contributed by atoms with Crippen molar-refractivity contribution < 1.29 is 45.8 Å². The quantitative estimate of drug-likeness (QED) is 0.197. The van der Waals surface area contributed by atoms with Gasteiger partial charge in [0, 0.05) is 5.92 Å². The van der Waals surface area contributed by atoms with Gasteiger partial charge < -0.3 is 9.84 Å². The van der Waals surface area contributed by atoms with Crippen LogP contribution >= 0.6 is 0 Å². The number of ether oxygens (including phenoxy) is 1. The predicted molar refractivity (Wildman–Crippen MR) is 147 cm³/mol. The third-order valence-electron chi connectivity index (χ3n) is 8.71. The second kappa shape index (κ2) is 11.5. The van der Waals surface area contributed by atoms with Crippen LogP contribution in [0.25, 0.3) is 6.08 Å². The number of amides is 2. The van der Waals surface area contributed by atoms with Crippen LogP contribution < -0.4 is 4.90 Å². The number of imide groups is 1. The number of halogens is 6. The van der Waals surface area contributed by atoms with E-state index in [9.17, 15) is 41.0 Å². The number of alkyl halides is 6. The third kappa shape index (κ3) is 5.96. The van der Waals surface area contributed by atoms with Gasteiger partial charge in [-0.1, -0.05) is 43.2 Å². The van der Waals surface area contributed by atoms with Crippen molar-refractivity contribution >= 4 is 23.6 Å². The largest absolute Gasteiger partial charge is 0.508 e. The number of aromatic hydroxyl groups is 1. The first-order valence-corrected chi connectivity index (χ1v) is 14.2. The molecule has 5 rings (SSSR count). The maximum Gasteiger partial charge on any atom is 0.416 e. The van der Waals surface area contributed by atoms with Crippen molar-refractivity contribution in [3.8, 4) is 5.75 Å². The van der Waals surface area contributed by atoms with Crippen LogP contribution in [0, 0.1) is 17.8 Å². The van der Waals surface area contributed by atoms with Gasteiger partial charge in [0.25, 0.3) is 0 Å². The summed E-state index contributed by atoms with van der Waals surface area (Å²) >= 11 is 0. The molecule has 0 unspecified atom stereocenters. The molecule has 0 saturated carbocycles. The van der Waals surface area contributed by atoms with Crippen LogP contribution in [0.3, 0.4) is 0 Å². The van der Waals surface area contributed by atoms with Crippen molar-refractivity contribution in [3.63, 3.8) is 0 Å². The molecule has 2 saturated heterocycles. The van der Waals surface area contributed by atoms with Gasteiger partial charge in [0.1, 0.15) is 5.75 Å². The molecular formula is C32H31F6NO4. The summed E-state index contributed by atoms with van der Waals surface area (Å²) < 4.78 is 87.3. The molecule has 2 heterocycles. The fourth-order valence-corrected chi connectivity index (χ4v) is 6.61. The van der Waals surface area contributed by atoms with Crippen LogP contribution in [0.4, 0.5) is 32.0 Å². The number of hydrogen-bond donors (Lipinski definition) is 1. The second-order valence-corrected chi connectivity index (χ2v) is 11.2. The Morgan fingerprint density at radius 1 is 0.953 bits per heavy atom. The molecule has 1 aliphatic carbocycles. The number of phenolic OH excluding ortho intramolecular Hbond substituents is 1. The minimum Gasteiger partial charge on any atom is -0.508 e. The third-order valence-corrected chi connectivity index (χ3v) is 8.71. The molecule has 5 nitrogen and oxygen atoms in total. The van der Waals surface area contributed by atoms with Gasteiger partial charge in [-0.25, -0.2) is 4.90 Å². The fraction of sp³-hybridized carbons (Fsp3) is 0.438. The lowest BCUT2D eigenvalue weighted by Gasteiger charge is -2.31. The molecule has 43 heavy (non-hydrogen) atoms. The lowest BCUT2D eigenvalue weighted by atomic mass is 9.69. The Bertz CT molecular complexity index is 1440. The number of carbonyl (C=O) groups is 2. The van der Waals surface area contributed by atoms with E-state index in [0.717, 1.165) is 28.7 Å². The Morgan fingerprint density at radius 2 is 1.58 bits per heavy atom. The molecule has 230 valence electrons. The second-order valence-electron chi connectivity index (χ2n) is 11.2. The summed E-state index contributed by atoms with van der Waals surface area (Å²) in [5.74, 6) is -3.72. The number of benzene rings is 2. The van der Waals surface area contributed by atoms with E-state index >= 15 is 0 Å². The zero-order valence-corrected chi connectivity index (χ0v) is 23.6. The fourth-order valence-electron chi connectivity index (χ4n) is 6.61. The smallest absolute Gasteiger partial charge is 0.416 e. The highest BCUT2D eigenvalue weighted by Gasteiger charge is 2.57. The summed E-state index contributed by atoms with van der Waals surface area (Å²) in [6, 6.07) is 7.66. The molecule has 2 aromatic carbocycles. The molecule has 2 aromatic rings. The Morgan fingerprint density at radius 3 is 2.14 bits per heavy atom. The van der Waals surface area contributed by atoms with Gasteiger partial charge in [-0.05, 0) is 73.6 Å². The Balaban J connectivity index is 1.42. The lowest BCUT2D eigenvalue weighted by molar-refractivity contribution is -0.143. The SMILES string of the molecule is CCC1=C2[C@@H](CC/C(=C/c3ccc(O)cc3)CC)OC[C@@H]2[C@@H]2C(=O)N(c3cc(C(F)(F)F)cc(C(F)(F)F)c3)C(=O)[C@@H]2C1. The van der Waals surface area contributed by atoms with Gasteiger partial charge in [0.15, 0.2) is 0 Å². The summed E-state index contributed by atoms with van der Waals surface area (Å²) in [5, 5.41) is 9.54. The molecule has 0 radical (unpaired) electrons. The number of anilines is 1. The molecule has 0 spiro atoms. The van der Waals surface area contributed by atoms with Crippen LogP contribution in [0.1, 0.15) is 62.6 Å². The lowest BCUT2D eigenvalue weighted by Crippen LogP contribution is -2.34. The van der Waals surface area contributed by atoms with Crippen LogP contribution in [0.2, 0.25) is 0 Å². The Hall–Kier alpha value is -3.60. The van der Waals surface area contributed by atoms with Gasteiger partial charge in [0.2, 0.25) is 11.8 Å². The topological polar surface area (TPSA) is 66.8 Å². The highest BCUT2D eigenvalue weighted by Crippen LogP contribution is 2.52. The average Bonchev–Trinajstić information content (AvgIpc) is 3.48. The first kappa shape index (κ1) is 30.8. The first-order valence-electron chi connectivity index (χ1n) is 14.2. The van der Waals surface area contributed by atoms with Crippen LogP contribution in [-0.4, -0.2) is 29.6 Å². The minimum atomic E-state index is -5.11. The average molecular weight is 608 g/mol. The van der Waals surface area contributed by atoms with Crippen molar-refractivity contribution in [1.82, 2.24) is 0 Å². The van der Waals surface area contributed by atoms with Crippen LogP contribution in [0.5, 0.6) is 5.75 Å². The van der Waals surface area contributed by atoms with Gasteiger partial charge in [-0.3, -0.25) is 9.59 Å². The standard InChI is InChI=1S/C32H31F6NO4/c1-3-17(11-18-5-8-23(40)9-6-18)7-10-26-27-19(4-2)12-24-28(25(27)16-43-26)30(42)39(29(24)41)22-14-20(31(33,34)35)13-21(15-22)32(36,37)38/h5-6,8-9,11,13-15,24-26,28,40H,3-4,7,10,12,16H2,1-2H3/b17-11+/t24-,25+,26-,28-/m1/s1. The van der Waals surface area contributed by atoms with E-state index in [1.807, 2.05) is 32.1 Å². The molecule has 0 bridgehead atoms. The molecule has 1 N–H and O–H groups in total. The number of phenols is 1. The van der Waals surface area contributed by atoms with Gasteiger partial charge in [-0.2, -0.15) is 26.3 Å². The first-order chi connectivity index (χ1) is 20.2. The normalized spacial score (nSPS) is 24.6. The van der Waals surface area contributed by atoms with E-state index in [2.05, 4.69) is 0 Å². The van der Waals surface area contributed by atoms with Crippen molar-refractivity contribution in [2.45, 2.75) is 64.4 Å². The number of fused-ring (bicyclic) bond motifs is 3. The number of carbonyl (C=O) groups excluding carboxylic acids is 2. The summed E-state index contributed by atoms with van der Waals surface area (Å²) in [5.41, 5.74) is 0.0489. The molecule has 2 fully saturated rings. The molecule has 2 amide bonds. The maximum atomic E-state index is 13.7. The molecule has 4 atom stereocenters. The summed E-state index contributed by atoms with van der Waals surface area (Å²) in [7, 11) is 0. The molecule has 0 aromatic heterocycles. The predicted octanol–water partition coefficient (Wildman–Crippen LogP) is 7.93. The van der Waals surface area contributed by atoms with Crippen molar-refractivity contribution in [2.24, 2.45) is 17.8 Å². The van der Waals surface area contributed by atoms with E-state index in [-0.39, 0.29) is 30.9 Å². The number of nitrogens with zero attached hydrogens (tertiary/aromatic N) is 1. The van der Waals surface area contributed by atoms with Crippen molar-refractivity contribution in [3.05, 3.63) is 75.9 Å². The minimum absolute atomic E-state index is 0.0213. The monoisotopic (exact) mass is 607 g/mol. The molecule has 2 aliphatic heterocycles. The number of hydrogen-bond acceptors (Lipinski definition) is 4. The molecular weight excluding hydrogens is 576 g/mol. The van der Waals surface area contributed by atoms with Crippen molar-refractivity contribution in [1.29, 1.82) is 0 Å². The zero-order chi connectivity index (χ0) is 31.3. The van der Waals surface area contributed by atoms with Gasteiger partial charge in [-0.15, -0.1) is 0 Å². The highest BCUT2D eigenvalue weighted by atomic mass is 19.4. The molecule has 11 heteroatoms. The maximum absolute atomic E-state index is 13.7. The Labute approximate surface area is 244 Å². The van der Waals surface area contributed by atoms with E-state index in [1.165, 1.54) is 0 Å². The summed E-state index contributed by atoms with van der Waals surface area (Å²) in [4.78, 5) is 27.7. The van der Waals surface area contributed by atoms with E-state index in [0.29, 0.717) is 36.3 Å². The van der Waals surface area contributed by atoms with E-state index in [1.54, 1.807) is 12.1 Å². The van der Waals surface area contributed by atoms with Crippen LogP contribution in [0.15, 0.2) is 59.2 Å².